The molecule has 6 N–H and O–H groups in total. The molecular formula is C18H17FN8O. The first-order valence-electron chi connectivity index (χ1n) is 8.36. The number of guanidine groups is 1. The van der Waals surface area contributed by atoms with Crippen molar-refractivity contribution in [2.45, 2.75) is 12.5 Å². The summed E-state index contributed by atoms with van der Waals surface area (Å²) >= 11 is 0. The Kier molecular flexibility index (Phi) is 5.42. The van der Waals surface area contributed by atoms with Gasteiger partial charge < -0.3 is 21.5 Å². The van der Waals surface area contributed by atoms with Crippen LogP contribution in [0.4, 0.5) is 21.7 Å². The number of aromatic nitrogens is 1. The summed E-state index contributed by atoms with van der Waals surface area (Å²) in [4.78, 5) is 8.66. The summed E-state index contributed by atoms with van der Waals surface area (Å²) in [7, 11) is 0. The fourth-order valence-electron chi connectivity index (χ4n) is 2.81. The van der Waals surface area contributed by atoms with Gasteiger partial charge in [0.2, 0.25) is 5.96 Å². The van der Waals surface area contributed by atoms with E-state index in [-0.39, 0.29) is 29.6 Å². The van der Waals surface area contributed by atoms with E-state index in [1.165, 1.54) is 0 Å². The quantitative estimate of drug-likeness (QED) is 0.347. The molecule has 0 amide bonds. The van der Waals surface area contributed by atoms with E-state index < -0.39 is 12.7 Å². The summed E-state index contributed by atoms with van der Waals surface area (Å²) in [5, 5.41) is 23.5. The van der Waals surface area contributed by atoms with Crippen molar-refractivity contribution < 1.29 is 9.13 Å². The Labute approximate surface area is 160 Å². The number of halogens is 1. The zero-order valence-corrected chi connectivity index (χ0v) is 14.7. The molecule has 28 heavy (non-hydrogen) atoms. The summed E-state index contributed by atoms with van der Waals surface area (Å²) in [6.45, 7) is -0.161. The number of nitrogen functional groups attached to an aromatic ring is 2. The van der Waals surface area contributed by atoms with Crippen molar-refractivity contribution in [1.82, 2.24) is 10.3 Å². The van der Waals surface area contributed by atoms with E-state index >= 15 is 0 Å². The number of benzene rings is 1. The number of nitrogens with two attached hydrogens (primary N) is 2. The molecule has 2 heterocycles. The number of aliphatic imine (C=N–C) groups is 1. The van der Waals surface area contributed by atoms with Gasteiger partial charge >= 0.3 is 0 Å². The predicted molar refractivity (Wildman–Crippen MR) is 102 cm³/mol. The Hall–Kier alpha value is -4.05. The lowest BCUT2D eigenvalue weighted by atomic mass is 9.95. The normalized spacial score (nSPS) is 14.7. The topological polar surface area (TPSA) is 158 Å². The molecule has 1 aromatic carbocycles. The summed E-state index contributed by atoms with van der Waals surface area (Å²) in [6, 6.07) is 8.35. The first kappa shape index (κ1) is 18.7. The molecule has 0 radical (unpaired) electrons. The number of rotatable bonds is 5. The molecule has 0 fully saturated rings. The van der Waals surface area contributed by atoms with Crippen LogP contribution in [0, 0.1) is 22.8 Å². The Balaban J connectivity index is 2.02. The molecule has 1 atom stereocenters. The number of nitrogens with one attached hydrogen (secondary N) is 2. The lowest BCUT2D eigenvalue weighted by Crippen LogP contribution is -2.32. The molecule has 1 aliphatic rings. The SMILES string of the molecule is N#CNC1=NC(c2ccc(OCCCF)cc2)c2c(nc(N)c(C#N)c2N)N1. The molecule has 3 rings (SSSR count). The second kappa shape index (κ2) is 8.10. The third-order valence-electron chi connectivity index (χ3n) is 4.10. The van der Waals surface area contributed by atoms with E-state index in [1.54, 1.807) is 30.5 Å². The number of hydrogen-bond acceptors (Lipinski definition) is 9. The number of hydrogen-bond donors (Lipinski definition) is 4. The maximum atomic E-state index is 12.2. The summed E-state index contributed by atoms with van der Waals surface area (Å²) < 4.78 is 17.6. The van der Waals surface area contributed by atoms with Gasteiger partial charge in [-0.2, -0.15) is 10.5 Å². The van der Waals surface area contributed by atoms with Crippen LogP contribution >= 0.6 is 0 Å². The van der Waals surface area contributed by atoms with Crippen LogP contribution in [-0.2, 0) is 0 Å². The molecule has 10 heteroatoms. The van der Waals surface area contributed by atoms with E-state index in [9.17, 15) is 9.65 Å². The van der Waals surface area contributed by atoms with Crippen molar-refractivity contribution in [3.8, 4) is 18.0 Å². The molecule has 9 nitrogen and oxygen atoms in total. The fourth-order valence-corrected chi connectivity index (χ4v) is 2.81. The van der Waals surface area contributed by atoms with Gasteiger partial charge in [0, 0.05) is 12.0 Å². The highest BCUT2D eigenvalue weighted by molar-refractivity contribution is 5.98. The zero-order valence-electron chi connectivity index (χ0n) is 14.7. The third kappa shape index (κ3) is 3.57. The first-order chi connectivity index (χ1) is 13.6. The number of pyridine rings is 1. The van der Waals surface area contributed by atoms with Crippen molar-refractivity contribution in [2.75, 3.05) is 30.1 Å². The van der Waals surface area contributed by atoms with Crippen molar-refractivity contribution >= 4 is 23.3 Å². The van der Waals surface area contributed by atoms with E-state index in [1.807, 2.05) is 6.07 Å². The molecule has 0 saturated carbocycles. The minimum Gasteiger partial charge on any atom is -0.494 e. The van der Waals surface area contributed by atoms with Crippen LogP contribution in [0.5, 0.6) is 5.75 Å². The molecule has 0 spiro atoms. The van der Waals surface area contributed by atoms with Gasteiger partial charge in [-0.05, 0) is 17.7 Å². The average molecular weight is 380 g/mol. The Morgan fingerprint density at radius 2 is 2.00 bits per heavy atom. The van der Waals surface area contributed by atoms with Crippen LogP contribution in [0.25, 0.3) is 0 Å². The van der Waals surface area contributed by atoms with E-state index in [0.717, 1.165) is 5.56 Å². The molecule has 2 aromatic rings. The molecular weight excluding hydrogens is 363 g/mol. The van der Waals surface area contributed by atoms with Gasteiger partial charge in [-0.1, -0.05) is 12.1 Å². The van der Waals surface area contributed by atoms with E-state index in [4.69, 9.17) is 21.5 Å². The Morgan fingerprint density at radius 1 is 1.25 bits per heavy atom. The minimum atomic E-state index is -0.618. The molecule has 1 aliphatic heterocycles. The lowest BCUT2D eigenvalue weighted by molar-refractivity contribution is 0.289. The maximum absolute atomic E-state index is 12.2. The smallest absolute Gasteiger partial charge is 0.211 e. The van der Waals surface area contributed by atoms with Gasteiger partial charge in [0.1, 0.15) is 35.1 Å². The monoisotopic (exact) mass is 380 g/mol. The fraction of sp³-hybridized carbons (Fsp3) is 0.222. The molecule has 1 unspecified atom stereocenters. The van der Waals surface area contributed by atoms with Crippen LogP contribution < -0.4 is 26.8 Å². The molecule has 0 bridgehead atoms. The van der Waals surface area contributed by atoms with E-state index in [0.29, 0.717) is 23.6 Å². The third-order valence-corrected chi connectivity index (χ3v) is 4.10. The largest absolute Gasteiger partial charge is 0.494 e. The van der Waals surface area contributed by atoms with Gasteiger partial charge in [0.15, 0.2) is 6.19 Å². The van der Waals surface area contributed by atoms with Gasteiger partial charge in [-0.15, -0.1) is 0 Å². The highest BCUT2D eigenvalue weighted by Gasteiger charge is 2.29. The predicted octanol–water partition coefficient (Wildman–Crippen LogP) is 1.80. The van der Waals surface area contributed by atoms with Crippen molar-refractivity contribution in [3.05, 3.63) is 41.0 Å². The van der Waals surface area contributed by atoms with Gasteiger partial charge in [-0.3, -0.25) is 9.71 Å². The number of alkyl halides is 1. The highest BCUT2D eigenvalue weighted by Crippen LogP contribution is 2.40. The molecule has 142 valence electrons. The first-order valence-corrected chi connectivity index (χ1v) is 8.36. The zero-order chi connectivity index (χ0) is 20.1. The number of nitrogens with zero attached hydrogens (tertiary/aromatic N) is 4. The second-order valence-electron chi connectivity index (χ2n) is 5.86. The van der Waals surface area contributed by atoms with Crippen LogP contribution in [0.1, 0.15) is 29.2 Å². The maximum Gasteiger partial charge on any atom is 0.211 e. The second-order valence-corrected chi connectivity index (χ2v) is 5.86. The standard InChI is InChI=1S/C18H17FN8O/c19-6-1-7-28-11-4-2-10(3-5-11)15-13-14(22)12(8-20)16(23)26-17(13)27-18(25-15)24-9-21/h2-5,15H,1,6-7H2,(H6,22,23,24,25,26,27). The summed E-state index contributed by atoms with van der Waals surface area (Å²) in [5.41, 5.74) is 13.5. The average Bonchev–Trinajstić information content (AvgIpc) is 2.68. The van der Waals surface area contributed by atoms with Gasteiger partial charge in [-0.25, -0.2) is 9.98 Å². The van der Waals surface area contributed by atoms with Gasteiger partial charge in [0.25, 0.3) is 0 Å². The van der Waals surface area contributed by atoms with Crippen LogP contribution in [0.2, 0.25) is 0 Å². The number of ether oxygens (including phenoxy) is 1. The number of nitriles is 2. The number of fused-ring (bicyclic) bond motifs is 1. The van der Waals surface area contributed by atoms with E-state index in [2.05, 4.69) is 20.6 Å². The Bertz CT molecular complexity index is 991. The van der Waals surface area contributed by atoms with Crippen LogP contribution in [0.15, 0.2) is 29.3 Å². The van der Waals surface area contributed by atoms with Crippen molar-refractivity contribution in [2.24, 2.45) is 4.99 Å². The Morgan fingerprint density at radius 3 is 2.64 bits per heavy atom. The highest BCUT2D eigenvalue weighted by atomic mass is 19.1. The number of anilines is 3. The molecule has 1 aromatic heterocycles. The van der Waals surface area contributed by atoms with Crippen LogP contribution in [0.3, 0.4) is 0 Å². The minimum absolute atomic E-state index is 0.0141. The van der Waals surface area contributed by atoms with Gasteiger partial charge in [0.05, 0.1) is 19.0 Å². The lowest BCUT2D eigenvalue weighted by Gasteiger charge is -2.26. The van der Waals surface area contributed by atoms with Crippen molar-refractivity contribution in [3.63, 3.8) is 0 Å². The van der Waals surface area contributed by atoms with Crippen LogP contribution in [-0.4, -0.2) is 24.2 Å². The van der Waals surface area contributed by atoms with Crippen molar-refractivity contribution in [1.29, 1.82) is 10.5 Å². The summed E-state index contributed by atoms with van der Waals surface area (Å²) in [5.74, 6) is 1.07. The molecule has 0 aliphatic carbocycles. The molecule has 0 saturated heterocycles. The summed E-state index contributed by atoms with van der Waals surface area (Å²) in [6.07, 6.45) is 2.11.